The lowest BCUT2D eigenvalue weighted by molar-refractivity contribution is -0.220. The molecule has 1 amide bonds. The first kappa shape index (κ1) is 61.1. The lowest BCUT2D eigenvalue weighted by Crippen LogP contribution is -2.64. The van der Waals surface area contributed by atoms with E-state index in [2.05, 4.69) is 31.3 Å². The number of rotatable bonds is 44. The molecule has 1 aliphatic carbocycles. The van der Waals surface area contributed by atoms with Crippen LogP contribution in [-0.4, -0.2) is 108 Å². The molecule has 380 valence electrons. The molecule has 0 bridgehead atoms. The van der Waals surface area contributed by atoms with Crippen molar-refractivity contribution < 1.29 is 59.0 Å². The molecule has 1 fully saturated rings. The zero-order valence-electron chi connectivity index (χ0n) is 40.5. The number of allylic oxidation sites excluding steroid dienone is 2. The first-order valence-corrected chi connectivity index (χ1v) is 27.7. The maximum atomic E-state index is 13.1. The topological polar surface area (TPSA) is 226 Å². The number of nitrogens with one attached hydrogen (secondary N) is 1. The summed E-state index contributed by atoms with van der Waals surface area (Å²) in [6.07, 6.45) is 29.6. The van der Waals surface area contributed by atoms with Gasteiger partial charge in [0.1, 0.15) is 36.6 Å². The molecule has 1 rings (SSSR count). The summed E-state index contributed by atoms with van der Waals surface area (Å²) in [5, 5.41) is 74.8. The summed E-state index contributed by atoms with van der Waals surface area (Å²) in [6, 6.07) is -1.15. The monoisotopic (exact) mass is 936 g/mol. The number of hydrogen-bond acceptors (Lipinski definition) is 11. The van der Waals surface area contributed by atoms with Gasteiger partial charge in [0.15, 0.2) is 0 Å². The van der Waals surface area contributed by atoms with Crippen LogP contribution in [0.5, 0.6) is 0 Å². The molecular formula is C50H98NO12P. The Bertz CT molecular complexity index is 1150. The average Bonchev–Trinajstić information content (AvgIpc) is 3.27. The van der Waals surface area contributed by atoms with Crippen LogP contribution in [0.4, 0.5) is 0 Å². The van der Waals surface area contributed by atoms with Gasteiger partial charge in [0.05, 0.1) is 31.3 Å². The Hall–Kier alpha value is -0.960. The minimum Gasteiger partial charge on any atom is -0.393 e. The molecule has 0 aromatic heterocycles. The highest BCUT2D eigenvalue weighted by Crippen LogP contribution is 2.47. The fourth-order valence-electron chi connectivity index (χ4n) is 8.59. The van der Waals surface area contributed by atoms with Crippen LogP contribution in [0, 0.1) is 0 Å². The molecule has 0 heterocycles. The van der Waals surface area contributed by atoms with E-state index in [9.17, 15) is 50.0 Å². The molecule has 1 saturated carbocycles. The Morgan fingerprint density at radius 1 is 0.531 bits per heavy atom. The molecule has 13 nitrogen and oxygen atoms in total. The highest BCUT2D eigenvalue weighted by Gasteiger charge is 2.51. The molecule has 14 heteroatoms. The van der Waals surface area contributed by atoms with Crippen LogP contribution < -0.4 is 5.32 Å². The number of phosphoric ester groups is 1. The highest BCUT2D eigenvalue weighted by molar-refractivity contribution is 7.47. The van der Waals surface area contributed by atoms with Gasteiger partial charge in [-0.25, -0.2) is 4.57 Å². The third kappa shape index (κ3) is 31.2. The van der Waals surface area contributed by atoms with Crippen molar-refractivity contribution in [2.75, 3.05) is 6.61 Å². The zero-order valence-corrected chi connectivity index (χ0v) is 41.4. The van der Waals surface area contributed by atoms with Crippen LogP contribution in [0.2, 0.25) is 0 Å². The first-order chi connectivity index (χ1) is 30.8. The molecule has 0 saturated heterocycles. The smallest absolute Gasteiger partial charge is 0.393 e. The quantitative estimate of drug-likeness (QED) is 0.0158. The SMILES string of the molecule is CCCCCCCC/C=C\CCCCCCCC(O)CC(=O)NC(COP(=O)(O)OC1C(O)C(O)C(O)C(O)C1O)C(O)CCCCCCCCCCCCCCCCCCCCC. The van der Waals surface area contributed by atoms with Crippen molar-refractivity contribution in [2.45, 2.75) is 293 Å². The normalized spacial score (nSPS) is 22.7. The molecule has 8 unspecified atom stereocenters. The molecule has 0 spiro atoms. The van der Waals surface area contributed by atoms with Gasteiger partial charge in [-0.3, -0.25) is 13.8 Å². The van der Waals surface area contributed by atoms with E-state index in [1.165, 1.54) is 128 Å². The Morgan fingerprint density at radius 3 is 1.28 bits per heavy atom. The molecule has 0 aliphatic heterocycles. The van der Waals surface area contributed by atoms with Crippen molar-refractivity contribution in [1.29, 1.82) is 0 Å². The lowest BCUT2D eigenvalue weighted by atomic mass is 9.85. The molecule has 0 aromatic rings. The van der Waals surface area contributed by atoms with E-state index in [1.54, 1.807) is 0 Å². The minimum absolute atomic E-state index is 0.224. The van der Waals surface area contributed by atoms with E-state index in [4.69, 9.17) is 9.05 Å². The number of aliphatic hydroxyl groups is 7. The summed E-state index contributed by atoms with van der Waals surface area (Å²) in [5.41, 5.74) is 0. The first-order valence-electron chi connectivity index (χ1n) is 26.2. The number of hydrogen-bond donors (Lipinski definition) is 9. The predicted octanol–water partition coefficient (Wildman–Crippen LogP) is 9.76. The number of carbonyl (C=O) groups excluding carboxylic acids is 1. The second-order valence-electron chi connectivity index (χ2n) is 18.9. The number of amides is 1. The fraction of sp³-hybridized carbons (Fsp3) is 0.940. The van der Waals surface area contributed by atoms with Gasteiger partial charge in [-0.15, -0.1) is 0 Å². The van der Waals surface area contributed by atoms with Crippen LogP contribution in [0.15, 0.2) is 12.2 Å². The van der Waals surface area contributed by atoms with Gasteiger partial charge in [-0.1, -0.05) is 206 Å². The van der Waals surface area contributed by atoms with Gasteiger partial charge in [0.2, 0.25) is 5.91 Å². The maximum absolute atomic E-state index is 13.1. The van der Waals surface area contributed by atoms with E-state index in [0.29, 0.717) is 12.8 Å². The number of unbranched alkanes of at least 4 members (excludes halogenated alkanes) is 29. The summed E-state index contributed by atoms with van der Waals surface area (Å²) in [7, 11) is -5.12. The van der Waals surface area contributed by atoms with E-state index in [-0.39, 0.29) is 12.8 Å². The van der Waals surface area contributed by atoms with E-state index in [1.807, 2.05) is 0 Å². The highest BCUT2D eigenvalue weighted by atomic mass is 31.2. The molecule has 0 radical (unpaired) electrons. The number of phosphoric acid groups is 1. The van der Waals surface area contributed by atoms with Crippen molar-refractivity contribution in [2.24, 2.45) is 0 Å². The Balaban J connectivity index is 2.46. The Morgan fingerprint density at radius 2 is 0.875 bits per heavy atom. The van der Waals surface area contributed by atoms with E-state index < -0.39 is 75.2 Å². The Kier molecular flexibility index (Phi) is 38.1. The standard InChI is InChI=1S/C50H98NO12P/c1-3-5-7-9-11-13-15-17-19-20-21-22-24-26-28-30-32-34-36-38-43(53)42(40-62-64(60,61)63-50-48(58)46(56)45(55)47(57)49(50)59)51-44(54)39-41(52)37-35-33-31-29-27-25-23-18-16-14-12-10-8-6-4-2/h18,23,41-43,45-50,52-53,55-59H,3-17,19-22,24-40H2,1-2H3,(H,51,54)(H,60,61)/b23-18-. The summed E-state index contributed by atoms with van der Waals surface area (Å²) in [6.45, 7) is 3.81. The van der Waals surface area contributed by atoms with Crippen LogP contribution in [0.3, 0.4) is 0 Å². The predicted molar refractivity (Wildman–Crippen MR) is 257 cm³/mol. The zero-order chi connectivity index (χ0) is 47.3. The lowest BCUT2D eigenvalue weighted by Gasteiger charge is -2.41. The third-order valence-corrected chi connectivity index (χ3v) is 13.9. The summed E-state index contributed by atoms with van der Waals surface area (Å²) in [4.78, 5) is 23.5. The van der Waals surface area contributed by atoms with Crippen LogP contribution in [0.1, 0.15) is 239 Å². The van der Waals surface area contributed by atoms with Crippen molar-refractivity contribution >= 4 is 13.7 Å². The fourth-order valence-corrected chi connectivity index (χ4v) is 9.56. The van der Waals surface area contributed by atoms with Crippen molar-refractivity contribution in [1.82, 2.24) is 5.32 Å². The second-order valence-corrected chi connectivity index (χ2v) is 20.3. The van der Waals surface area contributed by atoms with Crippen molar-refractivity contribution in [3.8, 4) is 0 Å². The van der Waals surface area contributed by atoms with Gasteiger partial charge >= 0.3 is 7.82 Å². The Labute approximate surface area is 389 Å². The van der Waals surface area contributed by atoms with Gasteiger partial charge < -0.3 is 46.0 Å². The molecule has 9 N–H and O–H groups in total. The van der Waals surface area contributed by atoms with Crippen LogP contribution in [-0.2, 0) is 18.4 Å². The molecule has 0 aromatic carbocycles. The van der Waals surface area contributed by atoms with E-state index >= 15 is 0 Å². The summed E-state index contributed by atoms with van der Waals surface area (Å²) < 4.78 is 23.0. The molecular weight excluding hydrogens is 838 g/mol. The van der Waals surface area contributed by atoms with Gasteiger partial charge in [0, 0.05) is 0 Å². The second kappa shape index (κ2) is 40.0. The maximum Gasteiger partial charge on any atom is 0.472 e. The van der Waals surface area contributed by atoms with Gasteiger partial charge in [-0.2, -0.15) is 0 Å². The van der Waals surface area contributed by atoms with Crippen molar-refractivity contribution in [3.05, 3.63) is 12.2 Å². The average molecular weight is 936 g/mol. The number of carbonyl (C=O) groups is 1. The van der Waals surface area contributed by atoms with E-state index in [0.717, 1.165) is 70.6 Å². The summed E-state index contributed by atoms with van der Waals surface area (Å²) >= 11 is 0. The van der Waals surface area contributed by atoms with Gasteiger partial charge in [0.25, 0.3) is 0 Å². The van der Waals surface area contributed by atoms with Crippen molar-refractivity contribution in [3.63, 3.8) is 0 Å². The largest absolute Gasteiger partial charge is 0.472 e. The van der Waals surface area contributed by atoms with Crippen LogP contribution >= 0.6 is 7.82 Å². The molecule has 1 aliphatic rings. The minimum atomic E-state index is -5.12. The van der Waals surface area contributed by atoms with Crippen LogP contribution in [0.25, 0.3) is 0 Å². The molecule has 64 heavy (non-hydrogen) atoms. The van der Waals surface area contributed by atoms with Gasteiger partial charge in [-0.05, 0) is 38.5 Å². The molecule has 8 atom stereocenters. The summed E-state index contributed by atoms with van der Waals surface area (Å²) in [5.74, 6) is -0.562. The third-order valence-electron chi connectivity index (χ3n) is 12.9. The number of aliphatic hydroxyl groups excluding tert-OH is 7.